The maximum atomic E-state index is 5.34. The van der Waals surface area contributed by atoms with Crippen molar-refractivity contribution in [3.8, 4) is 0 Å². The molecule has 11 heavy (non-hydrogen) atoms. The highest BCUT2D eigenvalue weighted by Crippen LogP contribution is 2.27. The summed E-state index contributed by atoms with van der Waals surface area (Å²) >= 11 is 0. The van der Waals surface area contributed by atoms with Crippen LogP contribution in [0.25, 0.3) is 0 Å². The summed E-state index contributed by atoms with van der Waals surface area (Å²) in [5, 5.41) is 0. The molecule has 3 atom stereocenters. The van der Waals surface area contributed by atoms with Gasteiger partial charge < -0.3 is 9.47 Å². The van der Waals surface area contributed by atoms with E-state index in [0.717, 1.165) is 18.8 Å². The predicted octanol–water partition coefficient (Wildman–Crippen LogP) is 1.84. The summed E-state index contributed by atoms with van der Waals surface area (Å²) < 4.78 is 10.7. The van der Waals surface area contributed by atoms with Gasteiger partial charge in [-0.15, -0.1) is 0 Å². The average Bonchev–Trinajstić information content (AvgIpc) is 2.04. The third kappa shape index (κ3) is 2.17. The molecular formula is C9H18O2. The summed E-state index contributed by atoms with van der Waals surface area (Å²) in [4.78, 5) is 0. The molecule has 2 heteroatoms. The normalized spacial score (nSPS) is 39.0. The zero-order valence-corrected chi connectivity index (χ0v) is 7.67. The van der Waals surface area contributed by atoms with Gasteiger partial charge in [0.15, 0.2) is 0 Å². The summed E-state index contributed by atoms with van der Waals surface area (Å²) in [7, 11) is 3.54. The van der Waals surface area contributed by atoms with Gasteiger partial charge in [-0.2, -0.15) is 0 Å². The van der Waals surface area contributed by atoms with Gasteiger partial charge in [0, 0.05) is 14.2 Å². The number of rotatable bonds is 2. The van der Waals surface area contributed by atoms with Crippen LogP contribution in [-0.4, -0.2) is 26.4 Å². The Morgan fingerprint density at radius 1 is 1.00 bits per heavy atom. The first kappa shape index (κ1) is 9.01. The van der Waals surface area contributed by atoms with E-state index in [-0.39, 0.29) is 0 Å². The van der Waals surface area contributed by atoms with Gasteiger partial charge >= 0.3 is 0 Å². The van der Waals surface area contributed by atoms with E-state index in [2.05, 4.69) is 6.92 Å². The zero-order chi connectivity index (χ0) is 8.27. The molecule has 0 heterocycles. The van der Waals surface area contributed by atoms with Crippen LogP contribution in [0.5, 0.6) is 0 Å². The van der Waals surface area contributed by atoms with Crippen LogP contribution in [0.3, 0.4) is 0 Å². The van der Waals surface area contributed by atoms with Crippen molar-refractivity contribution in [2.75, 3.05) is 14.2 Å². The fourth-order valence-electron chi connectivity index (χ4n) is 1.82. The van der Waals surface area contributed by atoms with Crippen molar-refractivity contribution in [3.05, 3.63) is 0 Å². The summed E-state index contributed by atoms with van der Waals surface area (Å²) in [5.74, 6) is 0.798. The van der Waals surface area contributed by atoms with Crippen LogP contribution in [0, 0.1) is 5.92 Å². The maximum absolute atomic E-state index is 5.34. The Bertz CT molecular complexity index is 114. The van der Waals surface area contributed by atoms with Crippen molar-refractivity contribution < 1.29 is 9.47 Å². The highest BCUT2D eigenvalue weighted by atomic mass is 16.5. The van der Waals surface area contributed by atoms with Gasteiger partial charge in [0.05, 0.1) is 12.2 Å². The molecule has 0 saturated heterocycles. The van der Waals surface area contributed by atoms with E-state index in [1.54, 1.807) is 14.2 Å². The van der Waals surface area contributed by atoms with Crippen molar-refractivity contribution in [3.63, 3.8) is 0 Å². The number of ether oxygens (including phenoxy) is 2. The van der Waals surface area contributed by atoms with Gasteiger partial charge in [0.25, 0.3) is 0 Å². The minimum absolute atomic E-state index is 0.323. The second-order valence-corrected chi connectivity index (χ2v) is 3.47. The molecular weight excluding hydrogens is 140 g/mol. The van der Waals surface area contributed by atoms with E-state index in [0.29, 0.717) is 12.2 Å². The van der Waals surface area contributed by atoms with E-state index in [4.69, 9.17) is 9.47 Å². The van der Waals surface area contributed by atoms with Crippen LogP contribution < -0.4 is 0 Å². The smallest absolute Gasteiger partial charge is 0.0835 e. The fourth-order valence-corrected chi connectivity index (χ4v) is 1.82. The van der Waals surface area contributed by atoms with E-state index in [9.17, 15) is 0 Å². The standard InChI is InChI=1S/C9H18O2/c1-7-4-5-8(10-2)9(6-7)11-3/h7-9H,4-6H2,1-3H3. The molecule has 2 nitrogen and oxygen atoms in total. The average molecular weight is 158 g/mol. The van der Waals surface area contributed by atoms with Gasteiger partial charge in [-0.25, -0.2) is 0 Å². The Kier molecular flexibility index (Phi) is 3.34. The molecule has 0 aromatic heterocycles. The van der Waals surface area contributed by atoms with Crippen molar-refractivity contribution in [1.82, 2.24) is 0 Å². The van der Waals surface area contributed by atoms with Gasteiger partial charge in [0.2, 0.25) is 0 Å². The monoisotopic (exact) mass is 158 g/mol. The topological polar surface area (TPSA) is 18.5 Å². The lowest BCUT2D eigenvalue weighted by atomic mass is 9.86. The first-order valence-electron chi connectivity index (χ1n) is 4.33. The quantitative estimate of drug-likeness (QED) is 0.610. The van der Waals surface area contributed by atoms with Gasteiger partial charge in [-0.05, 0) is 25.2 Å². The SMILES string of the molecule is COC1CCC(C)CC1OC. The first-order valence-corrected chi connectivity index (χ1v) is 4.33. The molecule has 1 aliphatic rings. The molecule has 0 aliphatic heterocycles. The maximum Gasteiger partial charge on any atom is 0.0835 e. The van der Waals surface area contributed by atoms with Crippen molar-refractivity contribution >= 4 is 0 Å². The third-order valence-corrected chi connectivity index (χ3v) is 2.60. The number of hydrogen-bond donors (Lipinski definition) is 0. The second-order valence-electron chi connectivity index (χ2n) is 3.47. The Morgan fingerprint density at radius 2 is 1.64 bits per heavy atom. The van der Waals surface area contributed by atoms with E-state index in [1.165, 1.54) is 6.42 Å². The number of methoxy groups -OCH3 is 2. The number of hydrogen-bond acceptors (Lipinski definition) is 2. The van der Waals surface area contributed by atoms with Crippen LogP contribution in [0.4, 0.5) is 0 Å². The molecule has 1 saturated carbocycles. The molecule has 1 fully saturated rings. The van der Waals surface area contributed by atoms with E-state index in [1.807, 2.05) is 0 Å². The Balaban J connectivity index is 2.41. The Labute approximate surface area is 68.9 Å². The highest BCUT2D eigenvalue weighted by molar-refractivity contribution is 4.79. The van der Waals surface area contributed by atoms with Crippen molar-refractivity contribution in [2.24, 2.45) is 5.92 Å². The summed E-state index contributed by atoms with van der Waals surface area (Å²) in [6.07, 6.45) is 4.23. The predicted molar refractivity (Wildman–Crippen MR) is 44.6 cm³/mol. The molecule has 0 amide bonds. The van der Waals surface area contributed by atoms with Crippen LogP contribution in [0.2, 0.25) is 0 Å². The summed E-state index contributed by atoms with van der Waals surface area (Å²) in [6.45, 7) is 2.28. The van der Waals surface area contributed by atoms with Crippen LogP contribution in [0.1, 0.15) is 26.2 Å². The van der Waals surface area contributed by atoms with Gasteiger partial charge in [-0.3, -0.25) is 0 Å². The molecule has 1 aliphatic carbocycles. The molecule has 0 radical (unpaired) electrons. The lowest BCUT2D eigenvalue weighted by Gasteiger charge is -2.32. The third-order valence-electron chi connectivity index (χ3n) is 2.60. The first-order chi connectivity index (χ1) is 5.27. The summed E-state index contributed by atoms with van der Waals surface area (Å²) in [5.41, 5.74) is 0. The molecule has 0 N–H and O–H groups in total. The van der Waals surface area contributed by atoms with E-state index < -0.39 is 0 Å². The molecule has 0 spiro atoms. The van der Waals surface area contributed by atoms with Crippen molar-refractivity contribution in [1.29, 1.82) is 0 Å². The lowest BCUT2D eigenvalue weighted by molar-refractivity contribution is -0.0683. The molecule has 0 aromatic carbocycles. The fraction of sp³-hybridized carbons (Fsp3) is 1.00. The second kappa shape index (κ2) is 4.07. The molecule has 1 rings (SSSR count). The van der Waals surface area contributed by atoms with Gasteiger partial charge in [-0.1, -0.05) is 6.92 Å². The van der Waals surface area contributed by atoms with E-state index >= 15 is 0 Å². The van der Waals surface area contributed by atoms with Crippen molar-refractivity contribution in [2.45, 2.75) is 38.4 Å². The molecule has 66 valence electrons. The molecule has 3 unspecified atom stereocenters. The largest absolute Gasteiger partial charge is 0.379 e. The zero-order valence-electron chi connectivity index (χ0n) is 7.67. The molecule has 0 aromatic rings. The van der Waals surface area contributed by atoms with Crippen LogP contribution >= 0.6 is 0 Å². The highest BCUT2D eigenvalue weighted by Gasteiger charge is 2.28. The minimum atomic E-state index is 0.323. The minimum Gasteiger partial charge on any atom is -0.379 e. The Morgan fingerprint density at radius 3 is 2.18 bits per heavy atom. The van der Waals surface area contributed by atoms with Crippen LogP contribution in [-0.2, 0) is 9.47 Å². The lowest BCUT2D eigenvalue weighted by Crippen LogP contribution is -2.35. The van der Waals surface area contributed by atoms with Gasteiger partial charge in [0.1, 0.15) is 0 Å². The summed E-state index contributed by atoms with van der Waals surface area (Å²) in [6, 6.07) is 0. The molecule has 0 bridgehead atoms. The Hall–Kier alpha value is -0.0800. The van der Waals surface area contributed by atoms with Crippen LogP contribution in [0.15, 0.2) is 0 Å².